The Bertz CT molecular complexity index is 1540. The highest BCUT2D eigenvalue weighted by atomic mass is 32.2. The molecule has 5 heterocycles. The Hall–Kier alpha value is -2.23. The van der Waals surface area contributed by atoms with Crippen LogP contribution in [-0.4, -0.2) is 64.0 Å². The normalized spacial score (nSPS) is 23.0. The summed E-state index contributed by atoms with van der Waals surface area (Å²) < 4.78 is 25.1. The average Bonchev–Trinajstić information content (AvgIpc) is 3.58. The maximum Gasteiger partial charge on any atom is 0.158 e. The molecule has 7 nitrogen and oxygen atoms in total. The first-order valence-electron chi connectivity index (χ1n) is 12.5. The van der Waals surface area contributed by atoms with Crippen LogP contribution in [0.2, 0.25) is 0 Å². The van der Waals surface area contributed by atoms with E-state index in [4.69, 9.17) is 0 Å². The third kappa shape index (κ3) is 3.83. The number of aromatic nitrogens is 4. The van der Waals surface area contributed by atoms with Crippen LogP contribution in [0, 0.1) is 19.8 Å². The molecule has 6 rings (SSSR count). The molecule has 0 aromatic carbocycles. The largest absolute Gasteiger partial charge is 0.346 e. The molecule has 4 aromatic heterocycles. The molecule has 2 unspecified atom stereocenters. The number of likely N-dealkylation sites (tertiary alicyclic amines) is 1. The molecular formula is C26H33N5O2S2. The summed E-state index contributed by atoms with van der Waals surface area (Å²) in [6, 6.07) is 2.96. The Morgan fingerprint density at radius 2 is 2.03 bits per heavy atom. The topological polar surface area (TPSA) is 83.4 Å². The first kappa shape index (κ1) is 23.2. The molecule has 186 valence electrons. The number of hydrogen-bond acceptors (Lipinski definition) is 6. The van der Waals surface area contributed by atoms with Gasteiger partial charge >= 0.3 is 0 Å². The summed E-state index contributed by atoms with van der Waals surface area (Å²) >= 11 is 1.91. The van der Waals surface area contributed by atoms with Gasteiger partial charge in [-0.2, -0.15) is 5.10 Å². The quantitative estimate of drug-likeness (QED) is 0.398. The SMILES string of the molecule is Cc1c(-c2[nH]c3sc([C@@H]4CC5CC4CN5CCS(C)(=O)=O)cc3c2C(C)C)cn2ncnc2c1C. The number of hydrogen-bond donors (Lipinski definition) is 1. The molecule has 1 aliphatic carbocycles. The number of piperidine rings is 1. The Kier molecular flexibility index (Phi) is 5.40. The van der Waals surface area contributed by atoms with Gasteiger partial charge in [0.1, 0.15) is 21.0 Å². The minimum atomic E-state index is -2.91. The zero-order chi connectivity index (χ0) is 24.6. The first-order valence-corrected chi connectivity index (χ1v) is 15.4. The van der Waals surface area contributed by atoms with E-state index in [1.807, 2.05) is 15.9 Å². The van der Waals surface area contributed by atoms with Crippen LogP contribution >= 0.6 is 11.3 Å². The number of aryl methyl sites for hydroxylation is 1. The van der Waals surface area contributed by atoms with Crippen molar-refractivity contribution in [2.75, 3.05) is 25.1 Å². The van der Waals surface area contributed by atoms with Gasteiger partial charge in [0.2, 0.25) is 0 Å². The van der Waals surface area contributed by atoms with Gasteiger partial charge in [0.15, 0.2) is 5.65 Å². The standard InChI is InChI=1S/C26H33N5O2S2/c1-14(2)23-20-10-22(19-9-18-8-17(19)11-30(18)6-7-35(5,32)33)34-26(20)29-24(23)21-12-31-25(27-13-28-31)16(4)15(21)3/h10,12-14,17-19,29H,6-9,11H2,1-5H3/t17?,18?,19-/m1/s1. The average molecular weight is 512 g/mol. The second-order valence-electron chi connectivity index (χ2n) is 10.9. The van der Waals surface area contributed by atoms with Crippen LogP contribution in [0.25, 0.3) is 27.1 Å². The number of fused-ring (bicyclic) bond motifs is 4. The summed E-state index contributed by atoms with van der Waals surface area (Å²) in [5.41, 5.74) is 7.08. The maximum atomic E-state index is 11.6. The van der Waals surface area contributed by atoms with Crippen molar-refractivity contribution in [1.29, 1.82) is 0 Å². The van der Waals surface area contributed by atoms with Crippen LogP contribution in [0.4, 0.5) is 0 Å². The van der Waals surface area contributed by atoms with E-state index in [9.17, 15) is 8.42 Å². The summed E-state index contributed by atoms with van der Waals surface area (Å²) in [5, 5.41) is 5.75. The number of pyridine rings is 1. The van der Waals surface area contributed by atoms with Gasteiger partial charge in [-0.3, -0.25) is 4.90 Å². The molecule has 1 saturated heterocycles. The molecule has 1 aliphatic heterocycles. The van der Waals surface area contributed by atoms with Crippen molar-refractivity contribution >= 4 is 37.0 Å². The Balaban J connectivity index is 1.33. The maximum absolute atomic E-state index is 11.6. The number of thiophene rings is 1. The van der Waals surface area contributed by atoms with Crippen molar-refractivity contribution in [1.82, 2.24) is 24.5 Å². The van der Waals surface area contributed by atoms with E-state index in [1.54, 1.807) is 6.33 Å². The fourth-order valence-electron chi connectivity index (χ4n) is 6.42. The summed E-state index contributed by atoms with van der Waals surface area (Å²) in [5.74, 6) is 1.87. The molecule has 2 fully saturated rings. The fraction of sp³-hybridized carbons (Fsp3) is 0.538. The van der Waals surface area contributed by atoms with Crippen LogP contribution in [-0.2, 0) is 9.84 Å². The predicted molar refractivity (Wildman–Crippen MR) is 142 cm³/mol. The molecule has 4 aromatic rings. The van der Waals surface area contributed by atoms with Gasteiger partial charge in [0.25, 0.3) is 0 Å². The number of sulfone groups is 1. The Morgan fingerprint density at radius 3 is 2.71 bits per heavy atom. The van der Waals surface area contributed by atoms with Gasteiger partial charge in [-0.1, -0.05) is 13.8 Å². The minimum Gasteiger partial charge on any atom is -0.346 e. The van der Waals surface area contributed by atoms with Gasteiger partial charge in [-0.25, -0.2) is 17.9 Å². The van der Waals surface area contributed by atoms with Crippen LogP contribution in [0.15, 0.2) is 18.6 Å². The van der Waals surface area contributed by atoms with E-state index >= 15 is 0 Å². The first-order chi connectivity index (χ1) is 16.6. The number of rotatable bonds is 6. The van der Waals surface area contributed by atoms with Gasteiger partial charge in [-0.05, 0) is 67.2 Å². The monoisotopic (exact) mass is 511 g/mol. The molecule has 35 heavy (non-hydrogen) atoms. The zero-order valence-electron chi connectivity index (χ0n) is 21.0. The fourth-order valence-corrected chi connectivity index (χ4v) is 8.27. The Morgan fingerprint density at radius 1 is 1.23 bits per heavy atom. The van der Waals surface area contributed by atoms with E-state index < -0.39 is 9.84 Å². The van der Waals surface area contributed by atoms with Crippen molar-refractivity contribution in [2.24, 2.45) is 5.92 Å². The van der Waals surface area contributed by atoms with E-state index in [0.29, 0.717) is 30.3 Å². The highest BCUT2D eigenvalue weighted by molar-refractivity contribution is 7.90. The number of nitrogens with one attached hydrogen (secondary N) is 1. The van der Waals surface area contributed by atoms with E-state index in [2.05, 4.69) is 59.9 Å². The zero-order valence-corrected chi connectivity index (χ0v) is 22.6. The van der Waals surface area contributed by atoms with Crippen molar-refractivity contribution in [2.45, 2.75) is 58.4 Å². The molecule has 1 N–H and O–H groups in total. The smallest absolute Gasteiger partial charge is 0.158 e. The number of aromatic amines is 1. The van der Waals surface area contributed by atoms with Crippen LogP contribution in [0.5, 0.6) is 0 Å². The second-order valence-corrected chi connectivity index (χ2v) is 14.2. The van der Waals surface area contributed by atoms with E-state index in [0.717, 1.165) is 24.2 Å². The van der Waals surface area contributed by atoms with Gasteiger partial charge < -0.3 is 4.98 Å². The lowest BCUT2D eigenvalue weighted by molar-refractivity contribution is 0.211. The molecule has 2 bridgehead atoms. The molecule has 2 aliphatic rings. The highest BCUT2D eigenvalue weighted by Crippen LogP contribution is 2.51. The van der Waals surface area contributed by atoms with Gasteiger partial charge in [0, 0.05) is 47.4 Å². The molecule has 0 amide bonds. The summed E-state index contributed by atoms with van der Waals surface area (Å²) in [7, 11) is -2.91. The molecular weight excluding hydrogens is 478 g/mol. The minimum absolute atomic E-state index is 0.267. The molecule has 0 radical (unpaired) electrons. The molecule has 1 saturated carbocycles. The van der Waals surface area contributed by atoms with Crippen molar-refractivity contribution < 1.29 is 8.42 Å². The lowest BCUT2D eigenvalue weighted by atomic mass is 9.91. The van der Waals surface area contributed by atoms with Crippen LogP contribution < -0.4 is 0 Å². The summed E-state index contributed by atoms with van der Waals surface area (Å²) in [6.45, 7) is 10.5. The summed E-state index contributed by atoms with van der Waals surface area (Å²) in [6.07, 6.45) is 7.40. The van der Waals surface area contributed by atoms with Gasteiger partial charge in [-0.15, -0.1) is 11.3 Å². The number of H-pyrrole nitrogens is 1. The van der Waals surface area contributed by atoms with Crippen molar-refractivity contribution in [3.63, 3.8) is 0 Å². The number of nitrogens with zero attached hydrogens (tertiary/aromatic N) is 4. The highest BCUT2D eigenvalue weighted by Gasteiger charge is 2.45. The van der Waals surface area contributed by atoms with Gasteiger partial charge in [0.05, 0.1) is 11.4 Å². The molecule has 3 atom stereocenters. The molecule has 9 heteroatoms. The lowest BCUT2D eigenvalue weighted by Gasteiger charge is -2.30. The van der Waals surface area contributed by atoms with Crippen LogP contribution in [0.3, 0.4) is 0 Å². The van der Waals surface area contributed by atoms with Crippen molar-refractivity contribution in [3.05, 3.63) is 40.2 Å². The van der Waals surface area contributed by atoms with E-state index in [1.165, 1.54) is 50.2 Å². The van der Waals surface area contributed by atoms with Crippen LogP contribution in [0.1, 0.15) is 60.1 Å². The predicted octanol–water partition coefficient (Wildman–Crippen LogP) is 4.90. The molecule has 0 spiro atoms. The Labute approximate surface area is 210 Å². The third-order valence-electron chi connectivity index (χ3n) is 8.29. The lowest BCUT2D eigenvalue weighted by Crippen LogP contribution is -2.37. The van der Waals surface area contributed by atoms with Crippen molar-refractivity contribution in [3.8, 4) is 11.3 Å². The summed E-state index contributed by atoms with van der Waals surface area (Å²) in [4.78, 5) is 13.4. The van der Waals surface area contributed by atoms with E-state index in [-0.39, 0.29) is 5.75 Å². The second kappa shape index (κ2) is 8.15. The third-order valence-corrected chi connectivity index (χ3v) is 10.4.